The monoisotopic (exact) mass is 160 g/mol. The van der Waals surface area contributed by atoms with Crippen molar-refractivity contribution in [2.24, 2.45) is 11.5 Å². The van der Waals surface area contributed by atoms with Gasteiger partial charge in [-0.05, 0) is 0 Å². The third kappa shape index (κ3) is 8.97. The van der Waals surface area contributed by atoms with Crippen LogP contribution in [0.3, 0.4) is 0 Å². The minimum Gasteiger partial charge on any atom is -0.423 e. The van der Waals surface area contributed by atoms with Crippen molar-refractivity contribution in [1.82, 2.24) is 0 Å². The summed E-state index contributed by atoms with van der Waals surface area (Å²) in [5, 5.41) is 2.56. The first-order valence-electron chi connectivity index (χ1n) is 1.43. The Morgan fingerprint density at radius 2 is 1.38 bits per heavy atom. The third-order valence-corrected chi connectivity index (χ3v) is 0.220. The van der Waals surface area contributed by atoms with Gasteiger partial charge in [-0.2, -0.15) is 0 Å². The van der Waals surface area contributed by atoms with Gasteiger partial charge in [0.15, 0.2) is 0 Å². The predicted octanol–water partition coefficient (Wildman–Crippen LogP) is -0.485. The van der Waals surface area contributed by atoms with Gasteiger partial charge < -0.3 is 11.5 Å². The van der Waals surface area contributed by atoms with Crippen molar-refractivity contribution < 1.29 is 26.1 Å². The van der Waals surface area contributed by atoms with Crippen LogP contribution in [0.5, 0.6) is 0 Å². The van der Waals surface area contributed by atoms with E-state index in [4.69, 9.17) is 0 Å². The second kappa shape index (κ2) is 4.39. The van der Waals surface area contributed by atoms with Crippen LogP contribution < -0.4 is 11.5 Å². The molecule has 0 fully saturated rings. The molecule has 0 aliphatic carbocycles. The first kappa shape index (κ1) is 10.3. The van der Waals surface area contributed by atoms with Crippen molar-refractivity contribution >= 4 is 12.1 Å². The maximum atomic E-state index is 9.56. The van der Waals surface area contributed by atoms with Crippen LogP contribution in [0.1, 0.15) is 0 Å². The summed E-state index contributed by atoms with van der Waals surface area (Å²) in [6.45, 7) is 0. The summed E-state index contributed by atoms with van der Waals surface area (Å²) >= 11 is 0. The summed E-state index contributed by atoms with van der Waals surface area (Å²) in [5.74, 6) is 0. The van der Waals surface area contributed by atoms with Crippen LogP contribution in [-0.4, -0.2) is 12.1 Å². The van der Waals surface area contributed by atoms with Crippen molar-refractivity contribution in [2.75, 3.05) is 0 Å². The van der Waals surface area contributed by atoms with Gasteiger partial charge in [-0.25, -0.2) is 0 Å². The molecule has 0 aliphatic rings. The molecule has 0 aromatic heterocycles. The van der Waals surface area contributed by atoms with Crippen LogP contribution in [0, 0.1) is 0 Å². The number of carbonyl (C=O) groups excluding carboxylic acids is 2. The number of urea groups is 2. The van der Waals surface area contributed by atoms with Crippen LogP contribution in [0.4, 0.5) is 9.59 Å². The number of primary amides is 2. The van der Waals surface area contributed by atoms with Crippen LogP contribution in [-0.2, 0) is 16.5 Å². The normalized spacial score (nSPS) is 6.50. The average Bonchev–Trinajstić information content (AvgIpc) is 1.27. The molecule has 0 heterocycles. The van der Waals surface area contributed by atoms with E-state index >= 15 is 0 Å². The standard InChI is InChI=1S/C2H5N3O2.Ni/c3-1(6)5-2(4)7;/h(H5,3,4,5,6,7);/p-1. The second-order valence-corrected chi connectivity index (χ2v) is 0.788. The quantitative estimate of drug-likeness (QED) is 0.468. The number of imide groups is 1. The molecule has 0 aromatic rings. The van der Waals surface area contributed by atoms with Gasteiger partial charge in [0, 0.05) is 16.5 Å². The molecule has 50 valence electrons. The van der Waals surface area contributed by atoms with Crippen molar-refractivity contribution in [3.8, 4) is 0 Å². The van der Waals surface area contributed by atoms with E-state index in [1.807, 2.05) is 0 Å². The first-order valence-corrected chi connectivity index (χ1v) is 1.43. The number of nitrogens with two attached hydrogens (primary N) is 2. The van der Waals surface area contributed by atoms with Crippen LogP contribution in [0.15, 0.2) is 0 Å². The molecule has 5 nitrogen and oxygen atoms in total. The fraction of sp³-hybridized carbons (Fsp3) is 0. The Bertz CT molecular complexity index is 91.5. The molecule has 0 atom stereocenters. The van der Waals surface area contributed by atoms with Crippen LogP contribution in [0.2, 0.25) is 0 Å². The van der Waals surface area contributed by atoms with E-state index in [-0.39, 0.29) is 16.5 Å². The van der Waals surface area contributed by atoms with E-state index in [9.17, 15) is 9.59 Å². The van der Waals surface area contributed by atoms with E-state index in [1.165, 1.54) is 0 Å². The Morgan fingerprint density at radius 1 is 1.12 bits per heavy atom. The first-order chi connectivity index (χ1) is 3.13. The van der Waals surface area contributed by atoms with Gasteiger partial charge in [-0.15, -0.1) is 0 Å². The Morgan fingerprint density at radius 3 is 1.38 bits per heavy atom. The molecule has 0 saturated carbocycles. The summed E-state index contributed by atoms with van der Waals surface area (Å²) in [7, 11) is 0. The smallest absolute Gasteiger partial charge is 0.215 e. The zero-order chi connectivity index (χ0) is 5.86. The van der Waals surface area contributed by atoms with Gasteiger partial charge in [-0.1, -0.05) is 0 Å². The maximum absolute atomic E-state index is 9.56. The fourth-order valence-electron chi connectivity index (χ4n) is 0.109. The molecule has 8 heavy (non-hydrogen) atoms. The van der Waals surface area contributed by atoms with Crippen molar-refractivity contribution in [3.05, 3.63) is 5.32 Å². The number of hydrogen-bond acceptors (Lipinski definition) is 2. The Kier molecular flexibility index (Phi) is 5.64. The molecule has 0 saturated heterocycles. The molecular formula is C2H4N3NiO2-. The number of carbonyl (C=O) groups is 2. The van der Waals surface area contributed by atoms with Gasteiger partial charge in [0.2, 0.25) is 12.1 Å². The van der Waals surface area contributed by atoms with E-state index in [0.717, 1.165) is 0 Å². The molecular weight excluding hydrogens is 157 g/mol. The van der Waals surface area contributed by atoms with Gasteiger partial charge in [0.1, 0.15) is 0 Å². The zero-order valence-electron chi connectivity index (χ0n) is 3.73. The van der Waals surface area contributed by atoms with Crippen molar-refractivity contribution in [3.63, 3.8) is 0 Å². The average molecular weight is 161 g/mol. The molecule has 0 unspecified atom stereocenters. The fourth-order valence-corrected chi connectivity index (χ4v) is 0.109. The van der Waals surface area contributed by atoms with Crippen LogP contribution >= 0.6 is 0 Å². The SMILES string of the molecule is NC(=O)[N-]C(N)=O.[Ni]. The largest absolute Gasteiger partial charge is 0.423 e. The predicted molar refractivity (Wildman–Crippen MR) is 22.5 cm³/mol. The number of hydrogen-bond donors (Lipinski definition) is 2. The molecule has 4 amide bonds. The Labute approximate surface area is 55.7 Å². The maximum Gasteiger partial charge on any atom is 0.215 e. The molecule has 0 aromatic carbocycles. The van der Waals surface area contributed by atoms with Crippen molar-refractivity contribution in [2.45, 2.75) is 0 Å². The van der Waals surface area contributed by atoms with Crippen LogP contribution in [0.25, 0.3) is 5.32 Å². The second-order valence-electron chi connectivity index (χ2n) is 0.788. The number of rotatable bonds is 0. The third-order valence-electron chi connectivity index (χ3n) is 0.220. The number of amides is 4. The summed E-state index contributed by atoms with van der Waals surface area (Å²) in [6, 6.07) is -2.12. The minimum absolute atomic E-state index is 0. The van der Waals surface area contributed by atoms with Gasteiger partial charge in [-0.3, -0.25) is 14.9 Å². The zero-order valence-corrected chi connectivity index (χ0v) is 4.72. The van der Waals surface area contributed by atoms with Gasteiger partial charge >= 0.3 is 0 Å². The topological polar surface area (TPSA) is 100 Å². The molecule has 0 radical (unpaired) electrons. The number of nitrogens with zero attached hydrogens (tertiary/aromatic N) is 1. The summed E-state index contributed by atoms with van der Waals surface area (Å²) < 4.78 is 0. The molecule has 4 N–H and O–H groups in total. The Hall–Kier alpha value is -0.766. The summed E-state index contributed by atoms with van der Waals surface area (Å²) in [5.41, 5.74) is 8.77. The molecule has 0 spiro atoms. The Balaban J connectivity index is 0. The van der Waals surface area contributed by atoms with Gasteiger partial charge in [0.05, 0.1) is 0 Å². The van der Waals surface area contributed by atoms with E-state index in [0.29, 0.717) is 0 Å². The van der Waals surface area contributed by atoms with Gasteiger partial charge in [0.25, 0.3) is 0 Å². The molecule has 6 heteroatoms. The molecule has 0 bridgehead atoms. The summed E-state index contributed by atoms with van der Waals surface area (Å²) in [6.07, 6.45) is 0. The van der Waals surface area contributed by atoms with Crippen molar-refractivity contribution in [1.29, 1.82) is 0 Å². The molecule has 0 rings (SSSR count). The minimum atomic E-state index is -1.06. The van der Waals surface area contributed by atoms with E-state index in [1.54, 1.807) is 0 Å². The van der Waals surface area contributed by atoms with E-state index in [2.05, 4.69) is 16.8 Å². The van der Waals surface area contributed by atoms with E-state index < -0.39 is 12.1 Å². The molecule has 0 aliphatic heterocycles. The summed E-state index contributed by atoms with van der Waals surface area (Å²) in [4.78, 5) is 19.1.